The summed E-state index contributed by atoms with van der Waals surface area (Å²) in [5.74, 6) is 0.540. The number of hydrogen-bond acceptors (Lipinski definition) is 2. The van der Waals surface area contributed by atoms with Crippen molar-refractivity contribution in [1.82, 2.24) is 0 Å². The van der Waals surface area contributed by atoms with Crippen LogP contribution in [0.25, 0.3) is 6.08 Å². The van der Waals surface area contributed by atoms with Crippen molar-refractivity contribution >= 4 is 23.5 Å². The fraction of sp³-hybridized carbons (Fsp3) is 0.0435. The van der Waals surface area contributed by atoms with Crippen molar-refractivity contribution in [2.45, 2.75) is 6.92 Å². The van der Waals surface area contributed by atoms with Gasteiger partial charge in [0.05, 0.1) is 5.69 Å². The Kier molecular flexibility index (Phi) is 4.20. The average Bonchev–Trinajstić information content (AvgIpc) is 3.00. The quantitative estimate of drug-likeness (QED) is 0.630. The minimum Gasteiger partial charge on any atom is -0.266 e. The summed E-state index contributed by atoms with van der Waals surface area (Å²) in [6.45, 7) is 2.03. The van der Waals surface area contributed by atoms with E-state index in [1.165, 1.54) is 0 Å². The molecular weight excluding hydrogens is 320 g/mol. The van der Waals surface area contributed by atoms with Gasteiger partial charge in [-0.2, -0.15) is 0 Å². The topological polar surface area (TPSA) is 32.7 Å². The van der Waals surface area contributed by atoms with Gasteiger partial charge in [-0.15, -0.1) is 0 Å². The molecule has 4 rings (SSSR count). The van der Waals surface area contributed by atoms with Gasteiger partial charge in [0.1, 0.15) is 11.5 Å². The van der Waals surface area contributed by atoms with E-state index in [1.807, 2.05) is 97.9 Å². The fourth-order valence-electron chi connectivity index (χ4n) is 2.94. The number of aryl methyl sites for hydroxylation is 1. The fourth-order valence-corrected chi connectivity index (χ4v) is 2.94. The molecule has 0 atom stereocenters. The van der Waals surface area contributed by atoms with Crippen molar-refractivity contribution in [2.75, 3.05) is 4.90 Å². The third kappa shape index (κ3) is 3.07. The van der Waals surface area contributed by atoms with Crippen molar-refractivity contribution in [3.05, 3.63) is 107 Å². The molecule has 1 amide bonds. The molecule has 1 aliphatic heterocycles. The van der Waals surface area contributed by atoms with Crippen LogP contribution in [0, 0.1) is 6.92 Å². The number of benzene rings is 3. The van der Waals surface area contributed by atoms with Gasteiger partial charge in [-0.05, 0) is 30.7 Å². The third-order valence-corrected chi connectivity index (χ3v) is 4.29. The van der Waals surface area contributed by atoms with E-state index in [4.69, 9.17) is 0 Å². The van der Waals surface area contributed by atoms with Gasteiger partial charge in [0, 0.05) is 5.56 Å². The maximum Gasteiger partial charge on any atom is 0.282 e. The number of rotatable bonds is 3. The summed E-state index contributed by atoms with van der Waals surface area (Å²) in [6, 6.07) is 27.5. The van der Waals surface area contributed by atoms with Crippen LogP contribution < -0.4 is 4.90 Å². The largest absolute Gasteiger partial charge is 0.282 e. The number of aliphatic imine (C=N–C) groups is 1. The Morgan fingerprint density at radius 1 is 0.808 bits per heavy atom. The van der Waals surface area contributed by atoms with Crippen LogP contribution in [0.5, 0.6) is 0 Å². The molecule has 3 heteroatoms. The average molecular weight is 338 g/mol. The zero-order chi connectivity index (χ0) is 17.9. The summed E-state index contributed by atoms with van der Waals surface area (Å²) >= 11 is 0. The van der Waals surface area contributed by atoms with Crippen LogP contribution in [0.4, 0.5) is 5.69 Å². The molecule has 0 N–H and O–H groups in total. The highest BCUT2D eigenvalue weighted by Gasteiger charge is 2.32. The first-order chi connectivity index (χ1) is 12.7. The van der Waals surface area contributed by atoms with Gasteiger partial charge < -0.3 is 0 Å². The molecule has 3 aromatic rings. The molecule has 0 saturated heterocycles. The Hall–Kier alpha value is -3.46. The van der Waals surface area contributed by atoms with Gasteiger partial charge in [0.15, 0.2) is 0 Å². The molecule has 0 unspecified atom stereocenters. The van der Waals surface area contributed by atoms with Gasteiger partial charge in [0.25, 0.3) is 5.91 Å². The Balaban J connectivity index is 1.82. The normalized spacial score (nSPS) is 15.4. The number of nitrogens with zero attached hydrogens (tertiary/aromatic N) is 2. The molecule has 0 saturated carbocycles. The maximum absolute atomic E-state index is 13.1. The first kappa shape index (κ1) is 16.0. The standard InChI is InChI=1S/C23H18N2O/c1-17-12-14-20(15-13-17)25-22(19-10-6-3-7-11-19)24-21(23(25)26)16-18-8-4-2-5-9-18/h2-16H,1H3/b21-16-. The molecule has 0 spiro atoms. The molecule has 0 aromatic heterocycles. The van der Waals surface area contributed by atoms with Crippen LogP contribution in [0.2, 0.25) is 0 Å². The summed E-state index contributed by atoms with van der Waals surface area (Å²) in [7, 11) is 0. The maximum atomic E-state index is 13.1. The lowest BCUT2D eigenvalue weighted by atomic mass is 10.1. The number of carbonyl (C=O) groups excluding carboxylic acids is 1. The minimum atomic E-state index is -0.114. The van der Waals surface area contributed by atoms with E-state index in [1.54, 1.807) is 4.90 Å². The summed E-state index contributed by atoms with van der Waals surface area (Å²) < 4.78 is 0. The Morgan fingerprint density at radius 3 is 2.08 bits per heavy atom. The van der Waals surface area contributed by atoms with Crippen LogP contribution >= 0.6 is 0 Å². The van der Waals surface area contributed by atoms with E-state index < -0.39 is 0 Å². The highest BCUT2D eigenvalue weighted by atomic mass is 16.2. The lowest BCUT2D eigenvalue weighted by Crippen LogP contribution is -2.32. The molecule has 3 nitrogen and oxygen atoms in total. The van der Waals surface area contributed by atoms with Crippen molar-refractivity contribution in [3.63, 3.8) is 0 Å². The smallest absolute Gasteiger partial charge is 0.266 e. The third-order valence-electron chi connectivity index (χ3n) is 4.29. The van der Waals surface area contributed by atoms with E-state index in [9.17, 15) is 4.79 Å². The zero-order valence-electron chi connectivity index (χ0n) is 14.5. The Morgan fingerprint density at radius 2 is 1.42 bits per heavy atom. The first-order valence-electron chi connectivity index (χ1n) is 8.54. The molecule has 0 radical (unpaired) electrons. The molecule has 0 bridgehead atoms. The summed E-state index contributed by atoms with van der Waals surface area (Å²) in [6.07, 6.45) is 1.83. The lowest BCUT2D eigenvalue weighted by Gasteiger charge is -2.18. The second kappa shape index (κ2) is 6.81. The van der Waals surface area contributed by atoms with Crippen LogP contribution in [0.3, 0.4) is 0 Å². The predicted molar refractivity (Wildman–Crippen MR) is 106 cm³/mol. The van der Waals surface area contributed by atoms with Crippen molar-refractivity contribution in [2.24, 2.45) is 4.99 Å². The number of anilines is 1. The van der Waals surface area contributed by atoms with Gasteiger partial charge in [-0.1, -0.05) is 78.4 Å². The van der Waals surface area contributed by atoms with Gasteiger partial charge >= 0.3 is 0 Å². The summed E-state index contributed by atoms with van der Waals surface area (Å²) in [4.78, 5) is 19.5. The summed E-state index contributed by atoms with van der Waals surface area (Å²) in [5.41, 5.74) is 4.28. The second-order valence-electron chi connectivity index (χ2n) is 6.22. The number of hydrogen-bond donors (Lipinski definition) is 0. The molecule has 0 aliphatic carbocycles. The zero-order valence-corrected chi connectivity index (χ0v) is 14.5. The number of amidine groups is 1. The highest BCUT2D eigenvalue weighted by Crippen LogP contribution is 2.28. The van der Waals surface area contributed by atoms with Crippen LogP contribution in [-0.2, 0) is 4.79 Å². The van der Waals surface area contributed by atoms with Crippen molar-refractivity contribution in [1.29, 1.82) is 0 Å². The minimum absolute atomic E-state index is 0.114. The molecule has 3 aromatic carbocycles. The predicted octanol–water partition coefficient (Wildman–Crippen LogP) is 4.83. The van der Waals surface area contributed by atoms with Gasteiger partial charge in [-0.25, -0.2) is 4.99 Å². The molecule has 1 heterocycles. The molecule has 26 heavy (non-hydrogen) atoms. The van der Waals surface area contributed by atoms with E-state index in [2.05, 4.69) is 4.99 Å². The van der Waals surface area contributed by atoms with Crippen LogP contribution in [-0.4, -0.2) is 11.7 Å². The van der Waals surface area contributed by atoms with Gasteiger partial charge in [-0.3, -0.25) is 9.69 Å². The van der Waals surface area contributed by atoms with E-state index in [-0.39, 0.29) is 5.91 Å². The van der Waals surface area contributed by atoms with Crippen molar-refractivity contribution in [3.8, 4) is 0 Å². The second-order valence-corrected chi connectivity index (χ2v) is 6.22. The van der Waals surface area contributed by atoms with Crippen molar-refractivity contribution < 1.29 is 4.79 Å². The molecule has 1 aliphatic rings. The van der Waals surface area contributed by atoms with Crippen LogP contribution in [0.15, 0.2) is 95.6 Å². The van der Waals surface area contributed by atoms with E-state index in [0.717, 1.165) is 22.4 Å². The SMILES string of the molecule is Cc1ccc(N2C(=O)/C(=C/c3ccccc3)N=C2c2ccccc2)cc1. The number of amides is 1. The first-order valence-corrected chi connectivity index (χ1v) is 8.54. The highest BCUT2D eigenvalue weighted by molar-refractivity contribution is 6.33. The Bertz CT molecular complexity index is 987. The molecule has 0 fully saturated rings. The monoisotopic (exact) mass is 338 g/mol. The molecular formula is C23H18N2O. The van der Waals surface area contributed by atoms with E-state index >= 15 is 0 Å². The Labute approximate surface area is 152 Å². The summed E-state index contributed by atoms with van der Waals surface area (Å²) in [5, 5.41) is 0. The van der Waals surface area contributed by atoms with E-state index in [0.29, 0.717) is 11.5 Å². The lowest BCUT2D eigenvalue weighted by molar-refractivity contribution is -0.113. The van der Waals surface area contributed by atoms with Gasteiger partial charge in [0.2, 0.25) is 0 Å². The molecule has 126 valence electrons. The number of carbonyl (C=O) groups is 1. The van der Waals surface area contributed by atoms with Crippen LogP contribution in [0.1, 0.15) is 16.7 Å².